The van der Waals surface area contributed by atoms with Crippen LogP contribution in [-0.2, 0) is 35.3 Å². The van der Waals surface area contributed by atoms with Crippen LogP contribution in [0.15, 0.2) is 121 Å². The molecule has 6 nitrogen and oxygen atoms in total. The predicted molar refractivity (Wildman–Crippen MR) is 246 cm³/mol. The first kappa shape index (κ1) is 41.2. The first-order valence-corrected chi connectivity index (χ1v) is 22.7. The van der Waals surface area contributed by atoms with Gasteiger partial charge in [0.05, 0.1) is 0 Å². The summed E-state index contributed by atoms with van der Waals surface area (Å²) in [4.78, 5) is 26.7. The van der Waals surface area contributed by atoms with Gasteiger partial charge >= 0.3 is 11.9 Å². The highest BCUT2D eigenvalue weighted by atomic mass is 16.6. The molecule has 1 fully saturated rings. The summed E-state index contributed by atoms with van der Waals surface area (Å²) in [5.41, 5.74) is 13.9. The quantitative estimate of drug-likeness (QED) is 0.0904. The summed E-state index contributed by atoms with van der Waals surface area (Å²) in [6.07, 6.45) is 13.3. The van der Waals surface area contributed by atoms with Gasteiger partial charge < -0.3 is 18.9 Å². The number of rotatable bonds is 12. The van der Waals surface area contributed by atoms with Gasteiger partial charge in [0.1, 0.15) is 23.0 Å². The third-order valence-electron chi connectivity index (χ3n) is 13.2. The molecule has 0 unspecified atom stereocenters. The first-order valence-electron chi connectivity index (χ1n) is 22.7. The van der Waals surface area contributed by atoms with E-state index < -0.39 is 11.9 Å². The van der Waals surface area contributed by atoms with Crippen LogP contribution in [-0.4, -0.2) is 25.2 Å². The van der Waals surface area contributed by atoms with Crippen molar-refractivity contribution in [1.29, 1.82) is 0 Å². The Morgan fingerprint density at radius 2 is 0.887 bits per heavy atom. The van der Waals surface area contributed by atoms with Crippen LogP contribution in [0.4, 0.5) is 0 Å². The SMILES string of the molecule is Cc1ccc(-c2ccc(OC(=O)COc3ccc4c(c3-c3c(OCC(=O)Oc5ccc(-c6ccc(C7CCC(C)CC7)cc6)cc5)ccc5c3CCCC5)CCCC4)cc2)cc1. The number of esters is 2. The summed E-state index contributed by atoms with van der Waals surface area (Å²) in [6, 6.07) is 40.8. The Bertz CT molecular complexity index is 2510. The van der Waals surface area contributed by atoms with E-state index in [2.05, 4.69) is 74.5 Å². The van der Waals surface area contributed by atoms with Gasteiger partial charge in [0, 0.05) is 11.1 Å². The maximum absolute atomic E-state index is 13.4. The van der Waals surface area contributed by atoms with E-state index >= 15 is 0 Å². The van der Waals surface area contributed by atoms with E-state index in [-0.39, 0.29) is 13.2 Å². The van der Waals surface area contributed by atoms with Gasteiger partial charge in [0.25, 0.3) is 0 Å². The highest BCUT2D eigenvalue weighted by molar-refractivity contribution is 5.85. The third-order valence-corrected chi connectivity index (χ3v) is 13.2. The molecular formula is C56H56O6. The Hall–Kier alpha value is -6.14. The first-order chi connectivity index (χ1) is 30.3. The van der Waals surface area contributed by atoms with Gasteiger partial charge in [-0.25, -0.2) is 9.59 Å². The normalized spacial score (nSPS) is 17.0. The third kappa shape index (κ3) is 9.50. The molecule has 9 rings (SSSR count). The lowest BCUT2D eigenvalue weighted by molar-refractivity contribution is -0.137. The molecule has 0 saturated heterocycles. The maximum atomic E-state index is 13.4. The maximum Gasteiger partial charge on any atom is 0.349 e. The van der Waals surface area contributed by atoms with Crippen LogP contribution >= 0.6 is 0 Å². The second-order valence-electron chi connectivity index (χ2n) is 17.6. The van der Waals surface area contributed by atoms with Crippen molar-refractivity contribution in [2.75, 3.05) is 13.2 Å². The van der Waals surface area contributed by atoms with E-state index in [0.29, 0.717) is 28.9 Å². The van der Waals surface area contributed by atoms with Crippen molar-refractivity contribution in [1.82, 2.24) is 0 Å². The molecule has 0 spiro atoms. The van der Waals surface area contributed by atoms with E-state index in [1.807, 2.05) is 60.7 Å². The van der Waals surface area contributed by atoms with Crippen molar-refractivity contribution in [2.24, 2.45) is 5.92 Å². The zero-order chi connectivity index (χ0) is 42.4. The van der Waals surface area contributed by atoms with E-state index in [1.165, 1.54) is 59.1 Å². The number of carbonyl (C=O) groups excluding carboxylic acids is 2. The minimum atomic E-state index is -0.485. The lowest BCUT2D eigenvalue weighted by Gasteiger charge is -2.27. The molecular weight excluding hydrogens is 769 g/mol. The molecule has 3 aliphatic carbocycles. The fourth-order valence-corrected chi connectivity index (χ4v) is 9.71. The second kappa shape index (κ2) is 18.9. The Balaban J connectivity index is 0.899. The molecule has 0 N–H and O–H groups in total. The summed E-state index contributed by atoms with van der Waals surface area (Å²) >= 11 is 0. The number of benzene rings is 6. The van der Waals surface area contributed by atoms with Crippen molar-refractivity contribution in [3.63, 3.8) is 0 Å². The van der Waals surface area contributed by atoms with E-state index in [1.54, 1.807) is 0 Å². The fraction of sp³-hybridized carbons (Fsp3) is 0.321. The monoisotopic (exact) mass is 824 g/mol. The van der Waals surface area contributed by atoms with E-state index in [9.17, 15) is 9.59 Å². The van der Waals surface area contributed by atoms with Gasteiger partial charge in [-0.3, -0.25) is 0 Å². The van der Waals surface area contributed by atoms with Gasteiger partial charge in [0.15, 0.2) is 13.2 Å². The molecule has 0 atom stereocenters. The lowest BCUT2D eigenvalue weighted by atomic mass is 9.79. The molecule has 0 bridgehead atoms. The zero-order valence-electron chi connectivity index (χ0n) is 36.1. The fourth-order valence-electron chi connectivity index (χ4n) is 9.71. The van der Waals surface area contributed by atoms with Crippen molar-refractivity contribution in [3.05, 3.63) is 155 Å². The Labute approximate surface area is 366 Å². The molecule has 0 heterocycles. The molecule has 6 aromatic carbocycles. The zero-order valence-corrected chi connectivity index (χ0v) is 36.1. The van der Waals surface area contributed by atoms with Crippen LogP contribution in [0.25, 0.3) is 33.4 Å². The average molecular weight is 825 g/mol. The molecule has 62 heavy (non-hydrogen) atoms. The Morgan fingerprint density at radius 3 is 1.34 bits per heavy atom. The smallest absolute Gasteiger partial charge is 0.349 e. The highest BCUT2D eigenvalue weighted by Gasteiger charge is 2.27. The molecule has 6 aromatic rings. The highest BCUT2D eigenvalue weighted by Crippen LogP contribution is 2.47. The van der Waals surface area contributed by atoms with E-state index in [0.717, 1.165) is 90.7 Å². The molecule has 6 heteroatoms. The summed E-state index contributed by atoms with van der Waals surface area (Å²) in [5, 5.41) is 0. The number of hydrogen-bond acceptors (Lipinski definition) is 6. The largest absolute Gasteiger partial charge is 0.481 e. The van der Waals surface area contributed by atoms with Crippen LogP contribution < -0.4 is 18.9 Å². The topological polar surface area (TPSA) is 71.1 Å². The molecule has 0 radical (unpaired) electrons. The average Bonchev–Trinajstić information content (AvgIpc) is 3.31. The molecule has 0 amide bonds. The predicted octanol–water partition coefficient (Wildman–Crippen LogP) is 13.0. The van der Waals surface area contributed by atoms with Crippen LogP contribution in [0.3, 0.4) is 0 Å². The number of hydrogen-bond donors (Lipinski definition) is 0. The van der Waals surface area contributed by atoms with Crippen molar-refractivity contribution < 1.29 is 28.5 Å². The van der Waals surface area contributed by atoms with Gasteiger partial charge in [0.2, 0.25) is 0 Å². The number of fused-ring (bicyclic) bond motifs is 2. The minimum absolute atomic E-state index is 0.255. The molecule has 0 aromatic heterocycles. The molecule has 316 valence electrons. The van der Waals surface area contributed by atoms with Crippen molar-refractivity contribution in [2.45, 2.75) is 96.8 Å². The van der Waals surface area contributed by atoms with Gasteiger partial charge in [-0.15, -0.1) is 0 Å². The Morgan fingerprint density at radius 1 is 0.484 bits per heavy atom. The summed E-state index contributed by atoms with van der Waals surface area (Å²) < 4.78 is 24.4. The summed E-state index contributed by atoms with van der Waals surface area (Å²) in [7, 11) is 0. The minimum Gasteiger partial charge on any atom is -0.481 e. The van der Waals surface area contributed by atoms with Crippen molar-refractivity contribution >= 4 is 11.9 Å². The van der Waals surface area contributed by atoms with Crippen LogP contribution in [0.2, 0.25) is 0 Å². The van der Waals surface area contributed by atoms with Crippen LogP contribution in [0, 0.1) is 12.8 Å². The standard InChI is InChI=1S/C56H56O6/c1-37-11-15-39(16-12-37)41-19-21-42(22-20-41)44-25-31-48(32-26-44)62-54(58)36-60-52-34-28-46-8-4-6-10-50(46)56(52)55-49-9-5-3-7-45(49)27-33-51(55)59-35-53(57)61-47-29-23-43(24-30-47)40-17-13-38(2)14-18-40/h13-14,17-34,37,39H,3-12,15-16,35-36H2,1-2H3. The van der Waals surface area contributed by atoms with Gasteiger partial charge in [-0.1, -0.05) is 110 Å². The molecule has 0 aliphatic heterocycles. The summed E-state index contributed by atoms with van der Waals surface area (Å²) in [5.74, 6) is 2.70. The van der Waals surface area contributed by atoms with Crippen LogP contribution in [0.1, 0.15) is 97.6 Å². The van der Waals surface area contributed by atoms with Gasteiger partial charge in [-0.05, 0) is 169 Å². The number of carbonyl (C=O) groups is 2. The number of ether oxygens (including phenoxy) is 4. The van der Waals surface area contributed by atoms with Gasteiger partial charge in [-0.2, -0.15) is 0 Å². The van der Waals surface area contributed by atoms with E-state index in [4.69, 9.17) is 18.9 Å². The van der Waals surface area contributed by atoms with Crippen LogP contribution in [0.5, 0.6) is 23.0 Å². The van der Waals surface area contributed by atoms with Crippen molar-refractivity contribution in [3.8, 4) is 56.4 Å². The lowest BCUT2D eigenvalue weighted by Crippen LogP contribution is -2.20. The number of aryl methyl sites for hydroxylation is 3. The molecule has 1 saturated carbocycles. The Kier molecular flexibility index (Phi) is 12.5. The summed E-state index contributed by atoms with van der Waals surface area (Å²) in [6.45, 7) is 3.92. The molecule has 3 aliphatic rings. The second-order valence-corrected chi connectivity index (χ2v) is 17.6.